The van der Waals surface area contributed by atoms with Crippen LogP contribution in [0.25, 0.3) is 0 Å². The zero-order chi connectivity index (χ0) is 17.2. The van der Waals surface area contributed by atoms with Gasteiger partial charge in [-0.05, 0) is 55.9 Å². The van der Waals surface area contributed by atoms with E-state index in [1.165, 1.54) is 25.0 Å². The fourth-order valence-corrected chi connectivity index (χ4v) is 4.65. The number of hydrogen-bond donors (Lipinski definition) is 1. The second-order valence-corrected chi connectivity index (χ2v) is 7.83. The van der Waals surface area contributed by atoms with Crippen LogP contribution in [0.15, 0.2) is 24.3 Å². The molecular formula is C20H28ClFN2O2. The average molecular weight is 383 g/mol. The molecule has 26 heavy (non-hydrogen) atoms. The van der Waals surface area contributed by atoms with Crippen molar-refractivity contribution in [2.24, 2.45) is 5.92 Å². The molecule has 0 radical (unpaired) electrons. The number of carbonyl (C=O) groups is 1. The van der Waals surface area contributed by atoms with Gasteiger partial charge < -0.3 is 15.0 Å². The van der Waals surface area contributed by atoms with Crippen LogP contribution in [-0.2, 0) is 4.79 Å². The summed E-state index contributed by atoms with van der Waals surface area (Å²) in [5.41, 5.74) is 0. The number of amides is 1. The van der Waals surface area contributed by atoms with E-state index in [1.54, 1.807) is 12.1 Å². The van der Waals surface area contributed by atoms with Crippen molar-refractivity contribution in [2.75, 3.05) is 13.1 Å². The highest BCUT2D eigenvalue weighted by molar-refractivity contribution is 5.85. The minimum Gasteiger partial charge on any atom is -0.490 e. The molecule has 3 aliphatic heterocycles. The summed E-state index contributed by atoms with van der Waals surface area (Å²) in [7, 11) is 0. The summed E-state index contributed by atoms with van der Waals surface area (Å²) in [6.07, 6.45) is 7.39. The fraction of sp³-hybridized carbons (Fsp3) is 0.650. The maximum absolute atomic E-state index is 12.9. The summed E-state index contributed by atoms with van der Waals surface area (Å²) >= 11 is 0. The Morgan fingerprint density at radius 3 is 2.31 bits per heavy atom. The Balaban J connectivity index is 0.00000196. The van der Waals surface area contributed by atoms with Gasteiger partial charge in [-0.1, -0.05) is 0 Å². The zero-order valence-corrected chi connectivity index (χ0v) is 15.8. The highest BCUT2D eigenvalue weighted by atomic mass is 35.5. The molecule has 4 rings (SSSR count). The van der Waals surface area contributed by atoms with Gasteiger partial charge in [0.15, 0.2) is 0 Å². The Kier molecular flexibility index (Phi) is 6.41. The first-order valence-electron chi connectivity index (χ1n) is 9.62. The lowest BCUT2D eigenvalue weighted by molar-refractivity contribution is -0.134. The number of rotatable bonds is 4. The molecule has 2 unspecified atom stereocenters. The minimum atomic E-state index is -0.251. The summed E-state index contributed by atoms with van der Waals surface area (Å²) in [4.78, 5) is 14.6. The third-order valence-electron chi connectivity index (χ3n) is 5.95. The van der Waals surface area contributed by atoms with E-state index in [4.69, 9.17) is 4.74 Å². The summed E-state index contributed by atoms with van der Waals surface area (Å²) in [5.74, 6) is 1.32. The molecule has 1 aromatic rings. The fourth-order valence-electron chi connectivity index (χ4n) is 4.65. The number of likely N-dealkylation sites (tertiary alicyclic amines) is 1. The van der Waals surface area contributed by atoms with E-state index in [0.29, 0.717) is 36.1 Å². The lowest BCUT2D eigenvalue weighted by Crippen LogP contribution is -2.44. The van der Waals surface area contributed by atoms with Gasteiger partial charge in [0.1, 0.15) is 17.7 Å². The van der Waals surface area contributed by atoms with Crippen LogP contribution in [0, 0.1) is 11.7 Å². The van der Waals surface area contributed by atoms with Crippen LogP contribution in [0.4, 0.5) is 4.39 Å². The maximum atomic E-state index is 12.9. The van der Waals surface area contributed by atoms with Gasteiger partial charge in [-0.2, -0.15) is 0 Å². The molecule has 144 valence electrons. The zero-order valence-electron chi connectivity index (χ0n) is 15.0. The van der Waals surface area contributed by atoms with Gasteiger partial charge in [0, 0.05) is 44.4 Å². The van der Waals surface area contributed by atoms with E-state index in [1.807, 2.05) is 4.90 Å². The second-order valence-electron chi connectivity index (χ2n) is 7.83. The summed E-state index contributed by atoms with van der Waals surface area (Å²) in [6.45, 7) is 1.53. The molecule has 1 amide bonds. The van der Waals surface area contributed by atoms with E-state index in [-0.39, 0.29) is 24.3 Å². The standard InChI is InChI=1S/C20H27FN2O2.ClH/c21-15-1-5-18(6-2-15)25-19-7-9-23(10-8-19)20(24)13-14-11-16-3-4-17(12-14)22-16;/h1-2,5-6,14,16-17,19,22H,3-4,7-13H2;1H. The third-order valence-corrected chi connectivity index (χ3v) is 5.95. The number of carbonyl (C=O) groups excluding carboxylic acids is 1. The number of fused-ring (bicyclic) bond motifs is 2. The maximum Gasteiger partial charge on any atom is 0.222 e. The Morgan fingerprint density at radius 2 is 1.69 bits per heavy atom. The van der Waals surface area contributed by atoms with Gasteiger partial charge in [-0.25, -0.2) is 4.39 Å². The van der Waals surface area contributed by atoms with Crippen molar-refractivity contribution in [1.82, 2.24) is 10.2 Å². The SMILES string of the molecule is Cl.O=C(CC1CC2CCC(C1)N2)N1CCC(Oc2ccc(F)cc2)CC1. The molecule has 0 aromatic heterocycles. The van der Waals surface area contributed by atoms with Crippen molar-refractivity contribution >= 4 is 18.3 Å². The van der Waals surface area contributed by atoms with Crippen LogP contribution in [-0.4, -0.2) is 42.1 Å². The van der Waals surface area contributed by atoms with Gasteiger partial charge in [0.05, 0.1) is 0 Å². The molecule has 2 atom stereocenters. The van der Waals surface area contributed by atoms with Crippen molar-refractivity contribution in [2.45, 2.75) is 63.1 Å². The van der Waals surface area contributed by atoms with Crippen molar-refractivity contribution in [3.05, 3.63) is 30.1 Å². The Hall–Kier alpha value is -1.33. The lowest BCUT2D eigenvalue weighted by atomic mass is 9.89. The largest absolute Gasteiger partial charge is 0.490 e. The predicted octanol–water partition coefficient (Wildman–Crippen LogP) is 3.54. The number of halogens is 2. The molecule has 0 aliphatic carbocycles. The van der Waals surface area contributed by atoms with Crippen molar-refractivity contribution < 1.29 is 13.9 Å². The van der Waals surface area contributed by atoms with Gasteiger partial charge >= 0.3 is 0 Å². The highest BCUT2D eigenvalue weighted by Gasteiger charge is 2.35. The van der Waals surface area contributed by atoms with E-state index < -0.39 is 0 Å². The van der Waals surface area contributed by atoms with Crippen LogP contribution in [0.2, 0.25) is 0 Å². The molecule has 3 aliphatic rings. The van der Waals surface area contributed by atoms with Crippen LogP contribution in [0.1, 0.15) is 44.9 Å². The van der Waals surface area contributed by atoms with Crippen molar-refractivity contribution in [1.29, 1.82) is 0 Å². The quantitative estimate of drug-likeness (QED) is 0.866. The summed E-state index contributed by atoms with van der Waals surface area (Å²) in [5, 5.41) is 3.64. The first-order chi connectivity index (χ1) is 12.2. The Morgan fingerprint density at radius 1 is 1.08 bits per heavy atom. The van der Waals surface area contributed by atoms with Crippen LogP contribution in [0.3, 0.4) is 0 Å². The smallest absolute Gasteiger partial charge is 0.222 e. The van der Waals surface area contributed by atoms with E-state index in [2.05, 4.69) is 5.32 Å². The van der Waals surface area contributed by atoms with Crippen LogP contribution < -0.4 is 10.1 Å². The second kappa shape index (κ2) is 8.57. The number of nitrogens with zero attached hydrogens (tertiary/aromatic N) is 1. The minimum absolute atomic E-state index is 0. The Labute approximate surface area is 160 Å². The molecule has 3 saturated heterocycles. The van der Waals surface area contributed by atoms with Crippen LogP contribution in [0.5, 0.6) is 5.75 Å². The summed E-state index contributed by atoms with van der Waals surface area (Å²) in [6, 6.07) is 7.45. The van der Waals surface area contributed by atoms with Gasteiger partial charge in [0.25, 0.3) is 0 Å². The number of nitrogens with one attached hydrogen (secondary N) is 1. The number of hydrogen-bond acceptors (Lipinski definition) is 3. The first-order valence-corrected chi connectivity index (χ1v) is 9.62. The highest BCUT2D eigenvalue weighted by Crippen LogP contribution is 2.33. The van der Waals surface area contributed by atoms with Gasteiger partial charge in [-0.3, -0.25) is 4.79 Å². The van der Waals surface area contributed by atoms with Gasteiger partial charge in [0.2, 0.25) is 5.91 Å². The molecule has 1 aromatic carbocycles. The van der Waals surface area contributed by atoms with Crippen molar-refractivity contribution in [3.63, 3.8) is 0 Å². The first kappa shape index (κ1) is 19.4. The molecule has 4 nitrogen and oxygen atoms in total. The molecule has 6 heteroatoms. The average Bonchev–Trinajstić information content (AvgIpc) is 2.96. The van der Waals surface area contributed by atoms with E-state index in [0.717, 1.165) is 38.8 Å². The molecule has 3 heterocycles. The Bertz CT molecular complexity index is 592. The van der Waals surface area contributed by atoms with Crippen LogP contribution >= 0.6 is 12.4 Å². The number of ether oxygens (including phenoxy) is 1. The third kappa shape index (κ3) is 4.68. The predicted molar refractivity (Wildman–Crippen MR) is 101 cm³/mol. The van der Waals surface area contributed by atoms with E-state index in [9.17, 15) is 9.18 Å². The topological polar surface area (TPSA) is 41.6 Å². The van der Waals surface area contributed by atoms with Crippen molar-refractivity contribution in [3.8, 4) is 5.75 Å². The molecular weight excluding hydrogens is 355 g/mol. The number of piperidine rings is 2. The van der Waals surface area contributed by atoms with Gasteiger partial charge in [-0.15, -0.1) is 12.4 Å². The number of benzene rings is 1. The molecule has 0 spiro atoms. The normalized spacial score (nSPS) is 28.5. The molecule has 1 N–H and O–H groups in total. The van der Waals surface area contributed by atoms with E-state index >= 15 is 0 Å². The monoisotopic (exact) mass is 382 g/mol. The lowest BCUT2D eigenvalue weighted by Gasteiger charge is -2.34. The molecule has 2 bridgehead atoms. The molecule has 0 saturated carbocycles. The summed E-state index contributed by atoms with van der Waals surface area (Å²) < 4.78 is 18.9. The molecule has 3 fully saturated rings.